The Balaban J connectivity index is 1.54. The first-order valence-electron chi connectivity index (χ1n) is 8.00. The monoisotopic (exact) mass is 333 g/mol. The molecule has 3 aromatic rings. The Morgan fingerprint density at radius 2 is 1.80 bits per heavy atom. The molecule has 0 aliphatic heterocycles. The van der Waals surface area contributed by atoms with Crippen LogP contribution < -0.4 is 10.6 Å². The van der Waals surface area contributed by atoms with Crippen molar-refractivity contribution in [3.05, 3.63) is 83.6 Å². The molecule has 0 aliphatic rings. The number of nitrogens with zero attached hydrogens (tertiary/aromatic N) is 3. The van der Waals surface area contributed by atoms with Gasteiger partial charge in [-0.2, -0.15) is 0 Å². The number of rotatable bonds is 6. The lowest BCUT2D eigenvalue weighted by atomic mass is 10.1. The molecule has 0 saturated heterocycles. The van der Waals surface area contributed by atoms with Gasteiger partial charge in [-0.25, -0.2) is 9.97 Å². The van der Waals surface area contributed by atoms with Crippen LogP contribution >= 0.6 is 0 Å². The van der Waals surface area contributed by atoms with Crippen molar-refractivity contribution in [1.29, 1.82) is 0 Å². The number of carbonyl (C=O) groups excluding carboxylic acids is 1. The molecule has 1 amide bonds. The summed E-state index contributed by atoms with van der Waals surface area (Å²) in [6, 6.07) is 11.8. The normalized spacial score (nSPS) is 10.3. The molecule has 2 N–H and O–H groups in total. The maximum atomic E-state index is 12.2. The largest absolute Gasteiger partial charge is 0.365 e. The van der Waals surface area contributed by atoms with Crippen LogP contribution in [-0.2, 0) is 13.1 Å². The third-order valence-corrected chi connectivity index (χ3v) is 3.81. The van der Waals surface area contributed by atoms with Crippen molar-refractivity contribution in [2.45, 2.75) is 20.0 Å². The van der Waals surface area contributed by atoms with Crippen LogP contribution in [-0.4, -0.2) is 20.9 Å². The molecule has 0 spiro atoms. The molecule has 2 aromatic heterocycles. The summed E-state index contributed by atoms with van der Waals surface area (Å²) in [6.07, 6.45) is 6.51. The Hall–Kier alpha value is -3.28. The van der Waals surface area contributed by atoms with E-state index in [0.29, 0.717) is 24.6 Å². The van der Waals surface area contributed by atoms with Crippen LogP contribution in [0.3, 0.4) is 0 Å². The average Bonchev–Trinajstić information content (AvgIpc) is 2.67. The van der Waals surface area contributed by atoms with E-state index in [2.05, 4.69) is 25.6 Å². The summed E-state index contributed by atoms with van der Waals surface area (Å²) in [4.78, 5) is 24.6. The first-order chi connectivity index (χ1) is 12.2. The van der Waals surface area contributed by atoms with E-state index in [-0.39, 0.29) is 5.91 Å². The molecule has 2 heterocycles. The molecule has 126 valence electrons. The van der Waals surface area contributed by atoms with Gasteiger partial charge in [0.1, 0.15) is 11.5 Å². The Kier molecular flexibility index (Phi) is 5.31. The molecule has 6 nitrogen and oxygen atoms in total. The van der Waals surface area contributed by atoms with Gasteiger partial charge in [0.25, 0.3) is 5.91 Å². The Morgan fingerprint density at radius 1 is 1.00 bits per heavy atom. The summed E-state index contributed by atoms with van der Waals surface area (Å²) < 4.78 is 0. The maximum absolute atomic E-state index is 12.2. The zero-order chi connectivity index (χ0) is 17.5. The fraction of sp³-hybridized carbons (Fsp3) is 0.158. The smallest absolute Gasteiger partial charge is 0.271 e. The quantitative estimate of drug-likeness (QED) is 0.725. The van der Waals surface area contributed by atoms with Crippen molar-refractivity contribution in [3.8, 4) is 0 Å². The minimum absolute atomic E-state index is 0.239. The highest BCUT2D eigenvalue weighted by atomic mass is 16.1. The predicted octanol–water partition coefficient (Wildman–Crippen LogP) is 2.72. The lowest BCUT2D eigenvalue weighted by Crippen LogP contribution is -2.24. The third-order valence-electron chi connectivity index (χ3n) is 3.81. The van der Waals surface area contributed by atoms with Gasteiger partial charge in [-0.1, -0.05) is 24.3 Å². The highest BCUT2D eigenvalue weighted by molar-refractivity contribution is 5.91. The number of nitrogens with one attached hydrogen (secondary N) is 2. The second-order valence-electron chi connectivity index (χ2n) is 5.61. The molecule has 3 rings (SSSR count). The molecule has 1 aromatic carbocycles. The highest BCUT2D eigenvalue weighted by Gasteiger charge is 2.08. The topological polar surface area (TPSA) is 79.8 Å². The lowest BCUT2D eigenvalue weighted by Gasteiger charge is -2.08. The number of amides is 1. The standard InChI is InChI=1S/C19H19N5O/c1-14-4-2-3-5-16(14)11-24-19(25)17-12-23-18(13-21-17)22-10-15-6-8-20-9-7-15/h2-9,12-13H,10-11H2,1H3,(H,22,23)(H,24,25). The number of hydrogen-bond donors (Lipinski definition) is 2. The number of hydrogen-bond acceptors (Lipinski definition) is 5. The number of pyridine rings is 1. The van der Waals surface area contributed by atoms with Crippen molar-refractivity contribution < 1.29 is 4.79 Å². The molecular weight excluding hydrogens is 314 g/mol. The molecule has 0 atom stereocenters. The van der Waals surface area contributed by atoms with Gasteiger partial charge in [0.05, 0.1) is 12.4 Å². The molecule has 0 bridgehead atoms. The number of carbonyl (C=O) groups is 1. The number of benzene rings is 1. The zero-order valence-electron chi connectivity index (χ0n) is 13.9. The second-order valence-corrected chi connectivity index (χ2v) is 5.61. The summed E-state index contributed by atoms with van der Waals surface area (Å²) in [5.41, 5.74) is 3.61. The molecule has 6 heteroatoms. The molecule has 25 heavy (non-hydrogen) atoms. The maximum Gasteiger partial charge on any atom is 0.271 e. The minimum atomic E-state index is -0.239. The van der Waals surface area contributed by atoms with E-state index >= 15 is 0 Å². The van der Waals surface area contributed by atoms with Crippen molar-refractivity contribution >= 4 is 11.7 Å². The minimum Gasteiger partial charge on any atom is -0.365 e. The van der Waals surface area contributed by atoms with Crippen LogP contribution in [0.2, 0.25) is 0 Å². The summed E-state index contributed by atoms with van der Waals surface area (Å²) >= 11 is 0. The van der Waals surface area contributed by atoms with E-state index < -0.39 is 0 Å². The van der Waals surface area contributed by atoms with Crippen LogP contribution in [0.1, 0.15) is 27.2 Å². The average molecular weight is 333 g/mol. The van der Waals surface area contributed by atoms with Crippen LogP contribution in [0, 0.1) is 6.92 Å². The fourth-order valence-corrected chi connectivity index (χ4v) is 2.30. The lowest BCUT2D eigenvalue weighted by molar-refractivity contribution is 0.0945. The Bertz CT molecular complexity index is 834. The first kappa shape index (κ1) is 16.6. The van der Waals surface area contributed by atoms with Crippen LogP contribution in [0.4, 0.5) is 5.82 Å². The summed E-state index contributed by atoms with van der Waals surface area (Å²) in [6.45, 7) is 3.11. The van der Waals surface area contributed by atoms with Gasteiger partial charge in [0, 0.05) is 25.5 Å². The number of anilines is 1. The van der Waals surface area contributed by atoms with E-state index in [9.17, 15) is 4.79 Å². The first-order valence-corrected chi connectivity index (χ1v) is 8.00. The molecule has 0 saturated carbocycles. The number of aryl methyl sites for hydroxylation is 1. The van der Waals surface area contributed by atoms with Crippen molar-refractivity contribution in [2.75, 3.05) is 5.32 Å². The van der Waals surface area contributed by atoms with Gasteiger partial charge in [0.15, 0.2) is 0 Å². The Labute approximate surface area is 146 Å². The summed E-state index contributed by atoms with van der Waals surface area (Å²) in [5.74, 6) is 0.378. The van der Waals surface area contributed by atoms with E-state index in [4.69, 9.17) is 0 Å². The van der Waals surface area contributed by atoms with Crippen LogP contribution in [0.15, 0.2) is 61.2 Å². The number of aromatic nitrogens is 3. The van der Waals surface area contributed by atoms with Crippen molar-refractivity contribution in [2.24, 2.45) is 0 Å². The van der Waals surface area contributed by atoms with Gasteiger partial charge in [-0.05, 0) is 35.7 Å². The van der Waals surface area contributed by atoms with Crippen molar-refractivity contribution in [1.82, 2.24) is 20.3 Å². The van der Waals surface area contributed by atoms with Gasteiger partial charge < -0.3 is 10.6 Å². The van der Waals surface area contributed by atoms with Crippen molar-refractivity contribution in [3.63, 3.8) is 0 Å². The molecule has 0 unspecified atom stereocenters. The summed E-state index contributed by atoms with van der Waals surface area (Å²) in [5, 5.41) is 6.02. The van der Waals surface area contributed by atoms with E-state index in [0.717, 1.165) is 16.7 Å². The molecular formula is C19H19N5O. The molecule has 0 fully saturated rings. The predicted molar refractivity (Wildman–Crippen MR) is 95.9 cm³/mol. The molecule has 0 aliphatic carbocycles. The van der Waals surface area contributed by atoms with Gasteiger partial charge in [0.2, 0.25) is 0 Å². The van der Waals surface area contributed by atoms with E-state index in [1.165, 1.54) is 6.20 Å². The van der Waals surface area contributed by atoms with Gasteiger partial charge in [-0.15, -0.1) is 0 Å². The third kappa shape index (κ3) is 4.60. The van der Waals surface area contributed by atoms with E-state index in [1.807, 2.05) is 43.3 Å². The SMILES string of the molecule is Cc1ccccc1CNC(=O)c1cnc(NCc2ccncc2)cn1. The van der Waals surface area contributed by atoms with Gasteiger partial charge >= 0.3 is 0 Å². The van der Waals surface area contributed by atoms with Gasteiger partial charge in [-0.3, -0.25) is 9.78 Å². The second kappa shape index (κ2) is 8.01. The Morgan fingerprint density at radius 3 is 2.52 bits per heavy atom. The fourth-order valence-electron chi connectivity index (χ4n) is 2.30. The molecule has 0 radical (unpaired) electrons. The highest BCUT2D eigenvalue weighted by Crippen LogP contribution is 2.07. The zero-order valence-corrected chi connectivity index (χ0v) is 13.9. The summed E-state index contributed by atoms with van der Waals surface area (Å²) in [7, 11) is 0. The van der Waals surface area contributed by atoms with Crippen LogP contribution in [0.5, 0.6) is 0 Å². The van der Waals surface area contributed by atoms with E-state index in [1.54, 1.807) is 18.6 Å². The van der Waals surface area contributed by atoms with Crippen LogP contribution in [0.25, 0.3) is 0 Å².